The fourth-order valence-electron chi connectivity index (χ4n) is 1.54. The highest BCUT2D eigenvalue weighted by molar-refractivity contribution is 7.12. The van der Waals surface area contributed by atoms with Crippen molar-refractivity contribution in [1.82, 2.24) is 0 Å². The van der Waals surface area contributed by atoms with Crippen molar-refractivity contribution in [3.63, 3.8) is 0 Å². The third-order valence-electron chi connectivity index (χ3n) is 2.72. The Bertz CT molecular complexity index is 550. The standard InChI is InChI=1S/C15H14OS/c1-11-5-6-13(10-12(11)2)7-8-14(16)15-4-3-9-17-15/h3-10H,1-2H3/b8-7+. The van der Waals surface area contributed by atoms with Crippen molar-refractivity contribution in [3.05, 3.63) is 63.4 Å². The summed E-state index contributed by atoms with van der Waals surface area (Å²) in [6, 6.07) is 9.93. The predicted octanol–water partition coefficient (Wildman–Crippen LogP) is 4.26. The number of benzene rings is 1. The summed E-state index contributed by atoms with van der Waals surface area (Å²) in [7, 11) is 0. The van der Waals surface area contributed by atoms with Gasteiger partial charge in [-0.3, -0.25) is 4.79 Å². The molecular weight excluding hydrogens is 228 g/mol. The molecule has 17 heavy (non-hydrogen) atoms. The Kier molecular flexibility index (Phi) is 3.55. The maximum atomic E-state index is 11.8. The van der Waals surface area contributed by atoms with Crippen LogP contribution in [0.4, 0.5) is 0 Å². The average molecular weight is 242 g/mol. The monoisotopic (exact) mass is 242 g/mol. The Labute approximate surface area is 105 Å². The SMILES string of the molecule is Cc1ccc(/C=C/C(=O)c2cccs2)cc1C. The van der Waals surface area contributed by atoms with Crippen molar-refractivity contribution in [2.75, 3.05) is 0 Å². The molecule has 0 unspecified atom stereocenters. The van der Waals surface area contributed by atoms with Crippen LogP contribution in [-0.4, -0.2) is 5.78 Å². The predicted molar refractivity (Wildman–Crippen MR) is 73.6 cm³/mol. The number of hydrogen-bond acceptors (Lipinski definition) is 2. The first-order valence-electron chi connectivity index (χ1n) is 5.50. The fourth-order valence-corrected chi connectivity index (χ4v) is 2.19. The number of rotatable bonds is 3. The van der Waals surface area contributed by atoms with Crippen LogP contribution in [0.5, 0.6) is 0 Å². The molecule has 0 N–H and O–H groups in total. The van der Waals surface area contributed by atoms with Crippen LogP contribution < -0.4 is 0 Å². The van der Waals surface area contributed by atoms with E-state index in [9.17, 15) is 4.79 Å². The molecule has 0 aliphatic rings. The van der Waals surface area contributed by atoms with Crippen molar-refractivity contribution in [2.45, 2.75) is 13.8 Å². The smallest absolute Gasteiger partial charge is 0.195 e. The van der Waals surface area contributed by atoms with E-state index in [1.165, 1.54) is 22.5 Å². The van der Waals surface area contributed by atoms with Gasteiger partial charge in [-0.25, -0.2) is 0 Å². The molecule has 1 aromatic heterocycles. The van der Waals surface area contributed by atoms with Crippen molar-refractivity contribution < 1.29 is 4.79 Å². The molecule has 1 aromatic carbocycles. The second-order valence-electron chi connectivity index (χ2n) is 4.02. The Morgan fingerprint density at radius 2 is 2.00 bits per heavy atom. The lowest BCUT2D eigenvalue weighted by Crippen LogP contribution is -1.89. The van der Waals surface area contributed by atoms with Crippen molar-refractivity contribution >= 4 is 23.2 Å². The zero-order chi connectivity index (χ0) is 12.3. The summed E-state index contributed by atoms with van der Waals surface area (Å²) in [6.07, 6.45) is 3.50. The molecule has 0 atom stereocenters. The summed E-state index contributed by atoms with van der Waals surface area (Å²) in [5, 5.41) is 1.91. The average Bonchev–Trinajstić information content (AvgIpc) is 2.84. The van der Waals surface area contributed by atoms with Crippen LogP contribution in [0.2, 0.25) is 0 Å². The number of hydrogen-bond donors (Lipinski definition) is 0. The van der Waals surface area contributed by atoms with Gasteiger partial charge in [0.2, 0.25) is 0 Å². The van der Waals surface area contributed by atoms with Gasteiger partial charge in [0, 0.05) is 0 Å². The lowest BCUT2D eigenvalue weighted by Gasteiger charge is -2.00. The van der Waals surface area contributed by atoms with E-state index in [0.29, 0.717) is 0 Å². The molecule has 0 fully saturated rings. The molecule has 0 aliphatic carbocycles. The van der Waals surface area contributed by atoms with E-state index in [0.717, 1.165) is 10.4 Å². The minimum atomic E-state index is 0.0678. The van der Waals surface area contributed by atoms with Crippen LogP contribution in [0.1, 0.15) is 26.4 Å². The van der Waals surface area contributed by atoms with Crippen LogP contribution >= 0.6 is 11.3 Å². The van der Waals surface area contributed by atoms with Gasteiger partial charge in [-0.2, -0.15) is 0 Å². The van der Waals surface area contributed by atoms with Crippen LogP contribution in [0, 0.1) is 13.8 Å². The maximum Gasteiger partial charge on any atom is 0.195 e. The number of ketones is 1. The molecular formula is C15H14OS. The topological polar surface area (TPSA) is 17.1 Å². The minimum Gasteiger partial charge on any atom is -0.288 e. The number of allylic oxidation sites excluding steroid dienone is 1. The highest BCUT2D eigenvalue weighted by Gasteiger charge is 2.01. The number of carbonyl (C=O) groups is 1. The first kappa shape index (κ1) is 11.8. The normalized spacial score (nSPS) is 10.9. The van der Waals surface area contributed by atoms with Gasteiger partial charge >= 0.3 is 0 Å². The van der Waals surface area contributed by atoms with Gasteiger partial charge in [-0.15, -0.1) is 11.3 Å². The molecule has 1 heterocycles. The molecule has 2 heteroatoms. The molecule has 2 aromatic rings. The van der Waals surface area contributed by atoms with E-state index in [4.69, 9.17) is 0 Å². The summed E-state index contributed by atoms with van der Waals surface area (Å²) < 4.78 is 0. The first-order valence-corrected chi connectivity index (χ1v) is 6.38. The lowest BCUT2D eigenvalue weighted by atomic mass is 10.1. The van der Waals surface area contributed by atoms with E-state index in [2.05, 4.69) is 26.0 Å². The van der Waals surface area contributed by atoms with Crippen LogP contribution in [0.15, 0.2) is 41.8 Å². The molecule has 0 spiro atoms. The summed E-state index contributed by atoms with van der Waals surface area (Å²) in [5.41, 5.74) is 3.58. The summed E-state index contributed by atoms with van der Waals surface area (Å²) in [5.74, 6) is 0.0678. The van der Waals surface area contributed by atoms with Gasteiger partial charge in [-0.05, 0) is 48.1 Å². The van der Waals surface area contributed by atoms with E-state index in [1.54, 1.807) is 6.08 Å². The van der Waals surface area contributed by atoms with Crippen LogP contribution in [0.3, 0.4) is 0 Å². The fraction of sp³-hybridized carbons (Fsp3) is 0.133. The second kappa shape index (κ2) is 5.11. The Morgan fingerprint density at radius 3 is 2.65 bits per heavy atom. The molecule has 86 valence electrons. The van der Waals surface area contributed by atoms with Gasteiger partial charge in [0.1, 0.15) is 0 Å². The van der Waals surface area contributed by atoms with Crippen molar-refractivity contribution in [2.24, 2.45) is 0 Å². The largest absolute Gasteiger partial charge is 0.288 e. The third-order valence-corrected chi connectivity index (χ3v) is 3.61. The highest BCUT2D eigenvalue weighted by Crippen LogP contribution is 2.13. The molecule has 0 saturated heterocycles. The van der Waals surface area contributed by atoms with Crippen LogP contribution in [0.25, 0.3) is 6.08 Å². The number of thiophene rings is 1. The van der Waals surface area contributed by atoms with Gasteiger partial charge in [0.15, 0.2) is 5.78 Å². The molecule has 0 amide bonds. The summed E-state index contributed by atoms with van der Waals surface area (Å²) in [6.45, 7) is 4.16. The zero-order valence-electron chi connectivity index (χ0n) is 9.94. The quantitative estimate of drug-likeness (QED) is 0.580. The molecule has 1 nitrogen and oxygen atoms in total. The Hall–Kier alpha value is -1.67. The second-order valence-corrected chi connectivity index (χ2v) is 4.97. The van der Waals surface area contributed by atoms with Gasteiger partial charge in [0.05, 0.1) is 4.88 Å². The molecule has 0 aliphatic heterocycles. The maximum absolute atomic E-state index is 11.8. The van der Waals surface area contributed by atoms with Crippen molar-refractivity contribution in [1.29, 1.82) is 0 Å². The van der Waals surface area contributed by atoms with E-state index in [-0.39, 0.29) is 5.78 Å². The van der Waals surface area contributed by atoms with Crippen LogP contribution in [-0.2, 0) is 0 Å². The molecule has 0 bridgehead atoms. The van der Waals surface area contributed by atoms with Gasteiger partial charge in [-0.1, -0.05) is 30.3 Å². The van der Waals surface area contributed by atoms with Crippen molar-refractivity contribution in [3.8, 4) is 0 Å². The highest BCUT2D eigenvalue weighted by atomic mass is 32.1. The molecule has 2 rings (SSSR count). The van der Waals surface area contributed by atoms with Gasteiger partial charge in [0.25, 0.3) is 0 Å². The summed E-state index contributed by atoms with van der Waals surface area (Å²) >= 11 is 1.47. The van der Waals surface area contributed by atoms with Gasteiger partial charge < -0.3 is 0 Å². The Balaban J connectivity index is 2.15. The number of aryl methyl sites for hydroxylation is 2. The number of carbonyl (C=O) groups excluding carboxylic acids is 1. The third kappa shape index (κ3) is 2.92. The van der Waals surface area contributed by atoms with E-state index >= 15 is 0 Å². The zero-order valence-corrected chi connectivity index (χ0v) is 10.8. The molecule has 0 radical (unpaired) electrons. The van der Waals surface area contributed by atoms with E-state index < -0.39 is 0 Å². The van der Waals surface area contributed by atoms with E-state index in [1.807, 2.05) is 29.7 Å². The molecule has 0 saturated carbocycles. The lowest BCUT2D eigenvalue weighted by molar-refractivity contribution is 0.105. The minimum absolute atomic E-state index is 0.0678. The summed E-state index contributed by atoms with van der Waals surface area (Å²) in [4.78, 5) is 12.5. The first-order chi connectivity index (χ1) is 8.16. The Morgan fingerprint density at radius 1 is 1.18 bits per heavy atom.